The molecule has 0 aliphatic heterocycles. The van der Waals surface area contributed by atoms with Gasteiger partial charge in [-0.1, -0.05) is 31.5 Å². The van der Waals surface area contributed by atoms with Gasteiger partial charge in [-0.25, -0.2) is 12.7 Å². The molecule has 0 saturated heterocycles. The number of halogens is 1. The van der Waals surface area contributed by atoms with E-state index in [1.165, 1.54) is 10.4 Å². The molecular weight excluding hydrogens is 272 g/mol. The number of rotatable bonds is 5. The van der Waals surface area contributed by atoms with Gasteiger partial charge >= 0.3 is 0 Å². The first-order valence-corrected chi connectivity index (χ1v) is 7.55. The highest BCUT2D eigenvalue weighted by molar-refractivity contribution is 7.89. The van der Waals surface area contributed by atoms with Gasteiger partial charge in [-0.3, -0.25) is 0 Å². The molecule has 1 aromatic carbocycles. The largest absolute Gasteiger partial charge is 0.326 e. The number of hydrogen-bond donors (Lipinski definition) is 1. The first-order valence-electron chi connectivity index (χ1n) is 5.74. The minimum absolute atomic E-state index is 0.129. The highest BCUT2D eigenvalue weighted by atomic mass is 35.5. The van der Waals surface area contributed by atoms with Gasteiger partial charge in [0.1, 0.15) is 4.90 Å². The molecule has 1 aromatic rings. The van der Waals surface area contributed by atoms with Crippen LogP contribution in [0, 0.1) is 5.92 Å². The Hall–Kier alpha value is -0.620. The average molecular weight is 291 g/mol. The first kappa shape index (κ1) is 15.4. The van der Waals surface area contributed by atoms with Gasteiger partial charge in [-0.15, -0.1) is 0 Å². The van der Waals surface area contributed by atoms with Crippen molar-refractivity contribution < 1.29 is 8.42 Å². The Morgan fingerprint density at radius 1 is 1.39 bits per heavy atom. The molecule has 0 atom stereocenters. The van der Waals surface area contributed by atoms with Crippen LogP contribution in [0.5, 0.6) is 0 Å². The molecule has 1 rings (SSSR count). The molecule has 6 heteroatoms. The standard InChI is InChI=1S/C12H19ClN2O2S/c1-9(2)8-15(3)18(16,17)12-5-4-10(7-14)6-11(12)13/h4-6,9H,7-8,14H2,1-3H3. The number of hydrogen-bond acceptors (Lipinski definition) is 3. The summed E-state index contributed by atoms with van der Waals surface area (Å²) < 4.78 is 25.9. The predicted molar refractivity (Wildman–Crippen MR) is 74.0 cm³/mol. The van der Waals surface area contributed by atoms with E-state index >= 15 is 0 Å². The molecule has 0 aromatic heterocycles. The molecule has 0 amide bonds. The summed E-state index contributed by atoms with van der Waals surface area (Å²) in [5.74, 6) is 0.256. The quantitative estimate of drug-likeness (QED) is 0.903. The summed E-state index contributed by atoms with van der Waals surface area (Å²) in [4.78, 5) is 0.129. The van der Waals surface area contributed by atoms with Gasteiger partial charge in [0.25, 0.3) is 0 Å². The minimum Gasteiger partial charge on any atom is -0.326 e. The van der Waals surface area contributed by atoms with Crippen molar-refractivity contribution >= 4 is 21.6 Å². The lowest BCUT2D eigenvalue weighted by Gasteiger charge is -2.20. The monoisotopic (exact) mass is 290 g/mol. The smallest absolute Gasteiger partial charge is 0.244 e. The van der Waals surface area contributed by atoms with Crippen LogP contribution in [0.1, 0.15) is 19.4 Å². The molecule has 102 valence electrons. The average Bonchev–Trinajstić information content (AvgIpc) is 2.27. The second-order valence-electron chi connectivity index (χ2n) is 4.65. The lowest BCUT2D eigenvalue weighted by atomic mass is 10.2. The molecule has 18 heavy (non-hydrogen) atoms. The van der Waals surface area contributed by atoms with E-state index in [1.807, 2.05) is 13.8 Å². The van der Waals surface area contributed by atoms with Crippen LogP contribution in [0.15, 0.2) is 23.1 Å². The van der Waals surface area contributed by atoms with Gasteiger partial charge in [-0.05, 0) is 23.6 Å². The van der Waals surface area contributed by atoms with E-state index in [2.05, 4.69) is 0 Å². The molecule has 4 nitrogen and oxygen atoms in total. The summed E-state index contributed by atoms with van der Waals surface area (Å²) in [6, 6.07) is 4.79. The van der Waals surface area contributed by atoms with Crippen LogP contribution in [0.3, 0.4) is 0 Å². The molecule has 2 N–H and O–H groups in total. The summed E-state index contributed by atoms with van der Waals surface area (Å²) in [5.41, 5.74) is 6.30. The summed E-state index contributed by atoms with van der Waals surface area (Å²) in [5, 5.41) is 0.216. The second kappa shape index (κ2) is 6.02. The van der Waals surface area contributed by atoms with Crippen LogP contribution in [0.25, 0.3) is 0 Å². The number of benzene rings is 1. The van der Waals surface area contributed by atoms with Gasteiger partial charge in [0.2, 0.25) is 10.0 Å². The maximum absolute atomic E-state index is 12.3. The summed E-state index contributed by atoms with van der Waals surface area (Å²) in [6.45, 7) is 4.72. The predicted octanol–water partition coefficient (Wildman–Crippen LogP) is 2.08. The topological polar surface area (TPSA) is 63.4 Å². The third kappa shape index (κ3) is 3.45. The Morgan fingerprint density at radius 2 is 2.00 bits per heavy atom. The highest BCUT2D eigenvalue weighted by Gasteiger charge is 2.24. The Morgan fingerprint density at radius 3 is 2.44 bits per heavy atom. The van der Waals surface area contributed by atoms with E-state index in [-0.39, 0.29) is 15.8 Å². The lowest BCUT2D eigenvalue weighted by molar-refractivity contribution is 0.417. The Balaban J connectivity index is 3.12. The van der Waals surface area contributed by atoms with E-state index < -0.39 is 10.0 Å². The van der Waals surface area contributed by atoms with Crippen molar-refractivity contribution in [3.05, 3.63) is 28.8 Å². The lowest BCUT2D eigenvalue weighted by Crippen LogP contribution is -2.30. The third-order valence-electron chi connectivity index (χ3n) is 2.54. The maximum Gasteiger partial charge on any atom is 0.244 e. The van der Waals surface area contributed by atoms with Crippen molar-refractivity contribution in [3.63, 3.8) is 0 Å². The second-order valence-corrected chi connectivity index (χ2v) is 7.07. The Bertz CT molecular complexity index is 515. The molecule has 0 aliphatic rings. The molecule has 0 spiro atoms. The fourth-order valence-electron chi connectivity index (χ4n) is 1.66. The van der Waals surface area contributed by atoms with Gasteiger partial charge in [0.05, 0.1) is 5.02 Å². The summed E-state index contributed by atoms with van der Waals surface area (Å²) >= 11 is 6.01. The zero-order valence-electron chi connectivity index (χ0n) is 10.9. The van der Waals surface area contributed by atoms with E-state index in [0.717, 1.165) is 5.56 Å². The Kier molecular flexibility index (Phi) is 5.16. The van der Waals surface area contributed by atoms with Crippen LogP contribution in [0.4, 0.5) is 0 Å². The SMILES string of the molecule is CC(C)CN(C)S(=O)(=O)c1ccc(CN)cc1Cl. The molecule has 0 unspecified atom stereocenters. The van der Waals surface area contributed by atoms with Crippen molar-refractivity contribution in [2.24, 2.45) is 11.7 Å². The molecule has 0 bridgehead atoms. The van der Waals surface area contributed by atoms with Crippen molar-refractivity contribution in [1.29, 1.82) is 0 Å². The van der Waals surface area contributed by atoms with Crippen LogP contribution in [0.2, 0.25) is 5.02 Å². The van der Waals surface area contributed by atoms with E-state index in [1.54, 1.807) is 19.2 Å². The van der Waals surface area contributed by atoms with E-state index in [4.69, 9.17) is 17.3 Å². The van der Waals surface area contributed by atoms with Crippen molar-refractivity contribution in [2.45, 2.75) is 25.3 Å². The third-order valence-corrected chi connectivity index (χ3v) is 4.85. The highest BCUT2D eigenvalue weighted by Crippen LogP contribution is 2.25. The molecule has 0 heterocycles. The van der Waals surface area contributed by atoms with E-state index in [9.17, 15) is 8.42 Å². The minimum atomic E-state index is -3.53. The first-order chi connectivity index (χ1) is 8.28. The molecule has 0 saturated carbocycles. The zero-order valence-corrected chi connectivity index (χ0v) is 12.4. The van der Waals surface area contributed by atoms with Crippen molar-refractivity contribution in [2.75, 3.05) is 13.6 Å². The summed E-state index contributed by atoms with van der Waals surface area (Å²) in [6.07, 6.45) is 0. The number of nitrogens with two attached hydrogens (primary N) is 1. The van der Waals surface area contributed by atoms with Gasteiger partial charge in [-0.2, -0.15) is 0 Å². The Labute approximate surface area is 114 Å². The van der Waals surface area contributed by atoms with Crippen molar-refractivity contribution in [3.8, 4) is 0 Å². The van der Waals surface area contributed by atoms with Gasteiger partial charge in [0.15, 0.2) is 0 Å². The van der Waals surface area contributed by atoms with Crippen LogP contribution < -0.4 is 5.73 Å². The van der Waals surface area contributed by atoms with Crippen LogP contribution >= 0.6 is 11.6 Å². The van der Waals surface area contributed by atoms with E-state index in [0.29, 0.717) is 13.1 Å². The maximum atomic E-state index is 12.3. The molecular formula is C12H19ClN2O2S. The zero-order chi connectivity index (χ0) is 13.9. The normalized spacial score (nSPS) is 12.4. The number of sulfonamides is 1. The fraction of sp³-hybridized carbons (Fsp3) is 0.500. The number of nitrogens with zero attached hydrogens (tertiary/aromatic N) is 1. The fourth-order valence-corrected chi connectivity index (χ4v) is 3.53. The molecule has 0 aliphatic carbocycles. The van der Waals surface area contributed by atoms with Crippen LogP contribution in [-0.2, 0) is 16.6 Å². The molecule has 0 radical (unpaired) electrons. The van der Waals surface area contributed by atoms with Gasteiger partial charge in [0, 0.05) is 20.1 Å². The molecule has 0 fully saturated rings. The van der Waals surface area contributed by atoms with Crippen LogP contribution in [-0.4, -0.2) is 26.3 Å². The van der Waals surface area contributed by atoms with Gasteiger partial charge < -0.3 is 5.73 Å². The summed E-state index contributed by atoms with van der Waals surface area (Å²) in [7, 11) is -1.97. The van der Waals surface area contributed by atoms with Crippen molar-refractivity contribution in [1.82, 2.24) is 4.31 Å².